The molecule has 1 aliphatic heterocycles. The second kappa shape index (κ2) is 10.2. The summed E-state index contributed by atoms with van der Waals surface area (Å²) in [7, 11) is -1.42. The van der Waals surface area contributed by atoms with Crippen molar-refractivity contribution in [1.29, 1.82) is 0 Å². The Morgan fingerprint density at radius 3 is 2.11 bits per heavy atom. The molecule has 0 spiro atoms. The van der Waals surface area contributed by atoms with Gasteiger partial charge in [0.15, 0.2) is 0 Å². The van der Waals surface area contributed by atoms with Crippen LogP contribution in [0.25, 0.3) is 0 Å². The van der Waals surface area contributed by atoms with Gasteiger partial charge in [0.05, 0.1) is 0 Å². The van der Waals surface area contributed by atoms with Crippen molar-refractivity contribution >= 4 is 13.3 Å². The van der Waals surface area contributed by atoms with Gasteiger partial charge in [-0.2, -0.15) is 0 Å². The van der Waals surface area contributed by atoms with E-state index in [1.165, 1.54) is 32.1 Å². The number of hydrogen-bond donors (Lipinski definition) is 0. The molecule has 0 N–H and O–H groups in total. The van der Waals surface area contributed by atoms with E-state index in [0.29, 0.717) is 0 Å². The van der Waals surface area contributed by atoms with Gasteiger partial charge in [-0.05, 0) is 0 Å². The molecule has 150 valence electrons. The summed E-state index contributed by atoms with van der Waals surface area (Å²) in [5, 5.41) is 1.79. The van der Waals surface area contributed by atoms with Crippen molar-refractivity contribution in [3.05, 3.63) is 54.6 Å². The van der Waals surface area contributed by atoms with Crippen LogP contribution in [-0.2, 0) is 20.4 Å². The van der Waals surface area contributed by atoms with Crippen molar-refractivity contribution in [3.8, 4) is 0 Å². The third-order valence-corrected chi connectivity index (χ3v) is 15.1. The van der Waals surface area contributed by atoms with Crippen molar-refractivity contribution in [2.75, 3.05) is 0 Å². The summed E-state index contributed by atoms with van der Waals surface area (Å²) in [6.07, 6.45) is 17.4. The minimum atomic E-state index is -1.42. The third kappa shape index (κ3) is 3.90. The summed E-state index contributed by atoms with van der Waals surface area (Å²) >= 11 is 2.59. The Balaban J connectivity index is 0.000000934. The van der Waals surface area contributed by atoms with E-state index in [1.54, 1.807) is 17.3 Å². The molecule has 0 radical (unpaired) electrons. The van der Waals surface area contributed by atoms with E-state index in [2.05, 4.69) is 75.1 Å². The summed E-state index contributed by atoms with van der Waals surface area (Å²) in [5.74, 6) is 3.64. The van der Waals surface area contributed by atoms with Crippen molar-refractivity contribution in [2.24, 2.45) is 23.7 Å². The molecule has 5 heteroatoms. The molecule has 0 amide bonds. The fraction of sp³-hybridized carbons (Fsp3) is 0.565. The SMILES string of the molecule is [Cl-].[Cl-].[Cl-].[Ti+3][CH]1CCCC2C3C=CC=CC3C([Si]3(c4ccccc4)CCCC3)C12. The first kappa shape index (κ1) is 24.8. The molecule has 1 saturated heterocycles. The molecular weight excluding hydrogens is 459 g/mol. The maximum atomic E-state index is 2.64. The molecule has 0 nitrogen and oxygen atoms in total. The molecule has 1 aromatic carbocycles. The Labute approximate surface area is 202 Å². The normalized spacial score (nSPS) is 37.1. The Morgan fingerprint density at radius 1 is 0.786 bits per heavy atom. The fourth-order valence-electron chi connectivity index (χ4n) is 7.23. The van der Waals surface area contributed by atoms with Gasteiger partial charge in [0.2, 0.25) is 0 Å². The van der Waals surface area contributed by atoms with Crippen LogP contribution in [0.15, 0.2) is 54.6 Å². The molecule has 0 bridgehead atoms. The van der Waals surface area contributed by atoms with Gasteiger partial charge < -0.3 is 37.2 Å². The van der Waals surface area contributed by atoms with Crippen LogP contribution >= 0.6 is 0 Å². The van der Waals surface area contributed by atoms with Gasteiger partial charge >= 0.3 is 166 Å². The van der Waals surface area contributed by atoms with E-state index in [9.17, 15) is 0 Å². The van der Waals surface area contributed by atoms with E-state index >= 15 is 0 Å². The van der Waals surface area contributed by atoms with Gasteiger partial charge in [-0.15, -0.1) is 0 Å². The van der Waals surface area contributed by atoms with Gasteiger partial charge in [-0.25, -0.2) is 0 Å². The second-order valence-electron chi connectivity index (χ2n) is 8.96. The summed E-state index contributed by atoms with van der Waals surface area (Å²) in [6.45, 7) is 0. The van der Waals surface area contributed by atoms with Crippen LogP contribution in [0.2, 0.25) is 21.9 Å². The number of allylic oxidation sites excluding steroid dienone is 4. The van der Waals surface area contributed by atoms with E-state index < -0.39 is 8.07 Å². The molecule has 1 heterocycles. The molecule has 3 aliphatic carbocycles. The van der Waals surface area contributed by atoms with Crippen LogP contribution in [0.1, 0.15) is 32.1 Å². The number of benzene rings is 1. The monoisotopic (exact) mass is 486 g/mol. The Bertz CT molecular complexity index is 686. The summed E-state index contributed by atoms with van der Waals surface area (Å²) in [4.78, 5) is 0. The fourth-order valence-corrected chi connectivity index (χ4v) is 15.3. The summed E-state index contributed by atoms with van der Waals surface area (Å²) in [6, 6.07) is 15.0. The molecule has 5 rings (SSSR count). The van der Waals surface area contributed by atoms with Crippen molar-refractivity contribution < 1.29 is 57.7 Å². The van der Waals surface area contributed by atoms with Gasteiger partial charge in [0.1, 0.15) is 0 Å². The number of rotatable bonds is 2. The summed E-state index contributed by atoms with van der Waals surface area (Å²) in [5.41, 5.74) is 0.990. The Kier molecular flexibility index (Phi) is 9.03. The van der Waals surface area contributed by atoms with Crippen LogP contribution in [0.4, 0.5) is 0 Å². The number of hydrogen-bond acceptors (Lipinski definition) is 0. The van der Waals surface area contributed by atoms with Gasteiger partial charge in [0.25, 0.3) is 0 Å². The molecule has 6 atom stereocenters. The molecule has 4 aliphatic rings. The Hall–Kier alpha value is 0.501. The Morgan fingerprint density at radius 2 is 1.43 bits per heavy atom. The zero-order chi connectivity index (χ0) is 16.9. The molecule has 6 unspecified atom stereocenters. The minimum absolute atomic E-state index is 0. The first-order chi connectivity index (χ1) is 12.3. The average molecular weight is 488 g/mol. The summed E-state index contributed by atoms with van der Waals surface area (Å²) < 4.78 is 0.935. The predicted octanol–water partition coefficient (Wildman–Crippen LogP) is -3.36. The maximum absolute atomic E-state index is 2.64. The number of halogens is 3. The predicted molar refractivity (Wildman–Crippen MR) is 104 cm³/mol. The van der Waals surface area contributed by atoms with Crippen LogP contribution in [0.3, 0.4) is 0 Å². The first-order valence-electron chi connectivity index (χ1n) is 10.4. The topological polar surface area (TPSA) is 0 Å². The van der Waals surface area contributed by atoms with Gasteiger partial charge in [-0.3, -0.25) is 0 Å². The van der Waals surface area contributed by atoms with E-state index in [4.69, 9.17) is 0 Å². The zero-order valence-corrected chi connectivity index (χ0v) is 21.1. The van der Waals surface area contributed by atoms with Crippen LogP contribution in [0.5, 0.6) is 0 Å². The second-order valence-corrected chi connectivity index (χ2v) is 14.7. The van der Waals surface area contributed by atoms with Crippen molar-refractivity contribution in [3.63, 3.8) is 0 Å². The van der Waals surface area contributed by atoms with Crippen molar-refractivity contribution in [2.45, 2.75) is 54.0 Å². The molecule has 0 aromatic heterocycles. The molecular formula is C23H29Cl3SiTi. The molecule has 3 fully saturated rings. The standard InChI is InChI=1S/C23H29Si.3ClH.Ti/c1-2-10-18(11-3-1)24(16-8-9-17-24)23-21-14-6-4-12-19(21)20-13-5-7-15-22(20)23;;;;/h1-4,6,10-12,14-15,19-23H,5,7-9,13,16-17H2;3*1H;/q;;;;+3/p-3. The van der Waals surface area contributed by atoms with E-state index in [1.807, 2.05) is 0 Å². The molecule has 1 aromatic rings. The molecule has 28 heavy (non-hydrogen) atoms. The van der Waals surface area contributed by atoms with E-state index in [-0.39, 0.29) is 37.2 Å². The third-order valence-electron chi connectivity index (χ3n) is 8.04. The first-order valence-corrected chi connectivity index (χ1v) is 13.8. The van der Waals surface area contributed by atoms with Gasteiger partial charge in [-0.1, -0.05) is 0 Å². The van der Waals surface area contributed by atoms with Crippen LogP contribution in [-0.4, -0.2) is 8.07 Å². The van der Waals surface area contributed by atoms with Crippen molar-refractivity contribution in [1.82, 2.24) is 0 Å². The number of fused-ring (bicyclic) bond motifs is 3. The zero-order valence-electron chi connectivity index (χ0n) is 16.2. The quantitative estimate of drug-likeness (QED) is 0.383. The molecule has 2 saturated carbocycles. The van der Waals surface area contributed by atoms with Crippen LogP contribution < -0.4 is 42.4 Å². The van der Waals surface area contributed by atoms with Gasteiger partial charge in [0, 0.05) is 0 Å². The average Bonchev–Trinajstić information content (AvgIpc) is 3.27. The van der Waals surface area contributed by atoms with E-state index in [0.717, 1.165) is 33.4 Å². The van der Waals surface area contributed by atoms with Crippen LogP contribution in [0, 0.1) is 23.7 Å².